The van der Waals surface area contributed by atoms with Crippen molar-refractivity contribution < 1.29 is 10.0 Å². The van der Waals surface area contributed by atoms with Gasteiger partial charge in [-0.1, -0.05) is 43.2 Å². The quantitative estimate of drug-likeness (QED) is 0.398. The van der Waals surface area contributed by atoms with Crippen LogP contribution in [0.1, 0.15) is 31.7 Å². The first-order chi connectivity index (χ1) is 8.99. The maximum absolute atomic E-state index is 8.76. The summed E-state index contributed by atoms with van der Waals surface area (Å²) in [7, 11) is -1.19. The molecule has 1 atom stereocenters. The lowest BCUT2D eigenvalue weighted by molar-refractivity contribution is 0.376. The van der Waals surface area contributed by atoms with Gasteiger partial charge in [-0.05, 0) is 25.2 Å². The van der Waals surface area contributed by atoms with E-state index >= 15 is 0 Å². The number of benzene rings is 1. The van der Waals surface area contributed by atoms with Crippen LogP contribution in [0, 0.1) is 0 Å². The summed E-state index contributed by atoms with van der Waals surface area (Å²) in [6.45, 7) is 3.60. The predicted octanol–water partition coefficient (Wildman–Crippen LogP) is 1.14. The van der Waals surface area contributed by atoms with Gasteiger partial charge in [0.1, 0.15) is 0 Å². The van der Waals surface area contributed by atoms with E-state index in [1.165, 1.54) is 5.56 Å². The average molecular weight is 264 g/mol. The lowest BCUT2D eigenvalue weighted by Gasteiger charge is -2.25. The summed E-state index contributed by atoms with van der Waals surface area (Å²) in [6, 6.07) is 10.2. The Bertz CT molecular complexity index is 345. The summed E-state index contributed by atoms with van der Waals surface area (Å²) in [5.41, 5.74) is 7.21. The van der Waals surface area contributed by atoms with Crippen molar-refractivity contribution in [2.75, 3.05) is 6.54 Å². The van der Waals surface area contributed by atoms with Gasteiger partial charge in [-0.2, -0.15) is 0 Å². The van der Waals surface area contributed by atoms with Crippen molar-refractivity contribution in [1.82, 2.24) is 5.32 Å². The molecule has 0 aliphatic heterocycles. The highest BCUT2D eigenvalue weighted by Crippen LogP contribution is 2.12. The van der Waals surface area contributed by atoms with E-state index in [0.717, 1.165) is 32.4 Å². The van der Waals surface area contributed by atoms with E-state index in [2.05, 4.69) is 17.4 Å². The van der Waals surface area contributed by atoms with Crippen molar-refractivity contribution in [3.05, 3.63) is 35.9 Å². The Hall–Kier alpha value is -0.875. The van der Waals surface area contributed by atoms with Gasteiger partial charge in [0.25, 0.3) is 0 Å². The first-order valence-electron chi connectivity index (χ1n) is 6.89. The van der Waals surface area contributed by atoms with E-state index in [9.17, 15) is 0 Å². The molecule has 5 N–H and O–H groups in total. The lowest BCUT2D eigenvalue weighted by atomic mass is 9.82. The smallest absolute Gasteiger partial charge is 0.427 e. The molecule has 0 spiro atoms. The van der Waals surface area contributed by atoms with Crippen molar-refractivity contribution >= 4 is 7.12 Å². The molecule has 0 aromatic heterocycles. The Labute approximate surface area is 116 Å². The second kappa shape index (κ2) is 8.33. The second-order valence-electron chi connectivity index (χ2n) is 5.47. The highest BCUT2D eigenvalue weighted by Gasteiger charge is 2.17. The van der Waals surface area contributed by atoms with Crippen molar-refractivity contribution in [3.63, 3.8) is 0 Å². The molecule has 0 fully saturated rings. The van der Waals surface area contributed by atoms with E-state index in [-0.39, 0.29) is 5.54 Å². The molecule has 4 nitrogen and oxygen atoms in total. The van der Waals surface area contributed by atoms with E-state index < -0.39 is 7.12 Å². The van der Waals surface area contributed by atoms with Crippen molar-refractivity contribution in [1.29, 1.82) is 0 Å². The minimum Gasteiger partial charge on any atom is -0.427 e. The molecule has 19 heavy (non-hydrogen) atoms. The lowest BCUT2D eigenvalue weighted by Crippen LogP contribution is -2.45. The Morgan fingerprint density at radius 2 is 1.89 bits per heavy atom. The van der Waals surface area contributed by atoms with E-state index in [4.69, 9.17) is 15.8 Å². The van der Waals surface area contributed by atoms with Gasteiger partial charge < -0.3 is 21.1 Å². The molecule has 5 heteroatoms. The van der Waals surface area contributed by atoms with Crippen LogP contribution >= 0.6 is 0 Å². The van der Waals surface area contributed by atoms with Gasteiger partial charge in [0, 0.05) is 18.6 Å². The molecule has 0 saturated carbocycles. The summed E-state index contributed by atoms with van der Waals surface area (Å²) in [6.07, 6.45) is 3.01. The number of hydrogen-bond acceptors (Lipinski definition) is 4. The molecule has 0 saturated heterocycles. The monoisotopic (exact) mass is 264 g/mol. The minimum absolute atomic E-state index is 0.255. The summed E-state index contributed by atoms with van der Waals surface area (Å²) < 4.78 is 0. The number of nitrogens with two attached hydrogens (primary N) is 1. The Kier molecular flexibility index (Phi) is 7.09. The zero-order valence-corrected chi connectivity index (χ0v) is 11.7. The molecular formula is C14H25BN2O2. The SMILES string of the molecule is CC(N)(CCCCB(O)O)CNCc1ccccc1. The van der Waals surface area contributed by atoms with Gasteiger partial charge in [-0.15, -0.1) is 0 Å². The summed E-state index contributed by atoms with van der Waals surface area (Å²) in [4.78, 5) is 0. The molecule has 0 radical (unpaired) electrons. The molecule has 1 aromatic rings. The third-order valence-corrected chi connectivity index (χ3v) is 3.16. The van der Waals surface area contributed by atoms with Crippen molar-refractivity contribution in [2.24, 2.45) is 5.73 Å². The molecule has 0 amide bonds. The normalized spacial score (nSPS) is 14.1. The molecule has 106 valence electrons. The third-order valence-electron chi connectivity index (χ3n) is 3.16. The Morgan fingerprint density at radius 1 is 1.21 bits per heavy atom. The van der Waals surface area contributed by atoms with Gasteiger partial charge in [-0.25, -0.2) is 0 Å². The molecule has 0 aliphatic rings. The van der Waals surface area contributed by atoms with Crippen molar-refractivity contribution in [2.45, 2.75) is 44.6 Å². The largest absolute Gasteiger partial charge is 0.451 e. The fraction of sp³-hybridized carbons (Fsp3) is 0.571. The highest BCUT2D eigenvalue weighted by atomic mass is 16.4. The maximum atomic E-state index is 8.76. The van der Waals surface area contributed by atoms with Crippen LogP contribution in [0.3, 0.4) is 0 Å². The first kappa shape index (κ1) is 16.2. The van der Waals surface area contributed by atoms with Crippen LogP contribution < -0.4 is 11.1 Å². The fourth-order valence-electron chi connectivity index (χ4n) is 2.03. The molecule has 0 bridgehead atoms. The van der Waals surface area contributed by atoms with Gasteiger partial charge in [-0.3, -0.25) is 0 Å². The summed E-state index contributed by atoms with van der Waals surface area (Å²) in [5.74, 6) is 0. The van der Waals surface area contributed by atoms with Gasteiger partial charge >= 0.3 is 7.12 Å². The maximum Gasteiger partial charge on any atom is 0.451 e. The van der Waals surface area contributed by atoms with Crippen LogP contribution in [0.25, 0.3) is 0 Å². The second-order valence-corrected chi connectivity index (χ2v) is 5.47. The van der Waals surface area contributed by atoms with E-state index in [1.54, 1.807) is 0 Å². The van der Waals surface area contributed by atoms with Gasteiger partial charge in [0.15, 0.2) is 0 Å². The molecular weight excluding hydrogens is 239 g/mol. The zero-order chi connectivity index (χ0) is 14.1. The number of nitrogens with one attached hydrogen (secondary N) is 1. The van der Waals surface area contributed by atoms with Crippen molar-refractivity contribution in [3.8, 4) is 0 Å². The van der Waals surface area contributed by atoms with Crippen LogP contribution in [-0.2, 0) is 6.54 Å². The number of hydrogen-bond donors (Lipinski definition) is 4. The molecule has 1 unspecified atom stereocenters. The number of rotatable bonds is 9. The van der Waals surface area contributed by atoms with Crippen LogP contribution in [0.5, 0.6) is 0 Å². The van der Waals surface area contributed by atoms with Crippen LogP contribution in [0.15, 0.2) is 30.3 Å². The van der Waals surface area contributed by atoms with E-state index in [0.29, 0.717) is 6.32 Å². The molecule has 1 rings (SSSR count). The van der Waals surface area contributed by atoms with Gasteiger partial charge in [0.2, 0.25) is 0 Å². The standard InChI is InChI=1S/C14H25BN2O2/c1-14(16,9-5-6-10-15(18)19)12-17-11-13-7-3-2-4-8-13/h2-4,7-8,17-19H,5-6,9-12,16H2,1H3. The third kappa shape index (κ3) is 8.00. The van der Waals surface area contributed by atoms with Crippen LogP contribution in [-0.4, -0.2) is 29.3 Å². The summed E-state index contributed by atoms with van der Waals surface area (Å²) >= 11 is 0. The summed E-state index contributed by atoms with van der Waals surface area (Å²) in [5, 5.41) is 20.9. The number of unbranched alkanes of at least 4 members (excludes halogenated alkanes) is 1. The zero-order valence-electron chi connectivity index (χ0n) is 11.7. The topological polar surface area (TPSA) is 78.5 Å². The fourth-order valence-corrected chi connectivity index (χ4v) is 2.03. The Balaban J connectivity index is 2.16. The molecule has 0 aliphatic carbocycles. The highest BCUT2D eigenvalue weighted by molar-refractivity contribution is 6.40. The molecule has 0 heterocycles. The average Bonchev–Trinajstić information content (AvgIpc) is 2.36. The predicted molar refractivity (Wildman–Crippen MR) is 79.6 cm³/mol. The first-order valence-corrected chi connectivity index (χ1v) is 6.89. The van der Waals surface area contributed by atoms with Gasteiger partial charge in [0.05, 0.1) is 0 Å². The minimum atomic E-state index is -1.19. The van der Waals surface area contributed by atoms with Crippen LogP contribution in [0.2, 0.25) is 6.32 Å². The molecule has 1 aromatic carbocycles. The van der Waals surface area contributed by atoms with E-state index in [1.807, 2.05) is 25.1 Å². The Morgan fingerprint density at radius 3 is 2.53 bits per heavy atom. The van der Waals surface area contributed by atoms with Crippen LogP contribution in [0.4, 0.5) is 0 Å².